The lowest BCUT2D eigenvalue weighted by atomic mass is 9.45. The van der Waals surface area contributed by atoms with E-state index in [0.717, 1.165) is 23.8 Å². The van der Waals surface area contributed by atoms with Crippen molar-refractivity contribution in [3.8, 4) is 0 Å². The minimum Gasteiger partial charge on any atom is -0.317 e. The summed E-state index contributed by atoms with van der Waals surface area (Å²) in [7, 11) is 2.11. The van der Waals surface area contributed by atoms with E-state index in [1.807, 2.05) is 0 Å². The highest BCUT2D eigenvalue weighted by Crippen LogP contribution is 2.61. The van der Waals surface area contributed by atoms with Crippen LogP contribution in [0.25, 0.3) is 0 Å². The predicted molar refractivity (Wildman–Crippen MR) is 52.0 cm³/mol. The molecule has 12 heavy (non-hydrogen) atoms. The molecule has 0 saturated heterocycles. The number of hydrogen-bond donors (Lipinski definition) is 1. The molecule has 0 amide bonds. The smallest absolute Gasteiger partial charge is 0.00953 e. The average molecular weight is 167 g/mol. The quantitative estimate of drug-likeness (QED) is 0.632. The molecule has 2 bridgehead atoms. The summed E-state index contributed by atoms with van der Waals surface area (Å²) in [6.45, 7) is 7.32. The molecule has 0 spiro atoms. The fourth-order valence-electron chi connectivity index (χ4n) is 3.53. The summed E-state index contributed by atoms with van der Waals surface area (Å²) in [5.74, 6) is 2.86. The maximum Gasteiger partial charge on any atom is 0.00953 e. The Kier molecular flexibility index (Phi) is 1.76. The molecule has 3 aliphatic rings. The van der Waals surface area contributed by atoms with Gasteiger partial charge < -0.3 is 5.32 Å². The minimum atomic E-state index is 0.646. The first-order valence-corrected chi connectivity index (χ1v) is 5.24. The summed E-state index contributed by atoms with van der Waals surface area (Å²) >= 11 is 0. The molecule has 0 aromatic carbocycles. The van der Waals surface area contributed by atoms with Gasteiger partial charge in [0.2, 0.25) is 0 Å². The molecule has 1 N–H and O–H groups in total. The Hall–Kier alpha value is -0.0400. The summed E-state index contributed by atoms with van der Waals surface area (Å²) in [5, 5.41) is 3.45. The van der Waals surface area contributed by atoms with Crippen LogP contribution in [-0.4, -0.2) is 13.1 Å². The lowest BCUT2D eigenvalue weighted by Crippen LogP contribution is -2.59. The van der Waals surface area contributed by atoms with Gasteiger partial charge in [-0.1, -0.05) is 20.8 Å². The van der Waals surface area contributed by atoms with Crippen molar-refractivity contribution in [1.29, 1.82) is 0 Å². The molecule has 3 aliphatic carbocycles. The summed E-state index contributed by atoms with van der Waals surface area (Å²) in [5.41, 5.74) is 0.646. The summed E-state index contributed by atoms with van der Waals surface area (Å²) in [4.78, 5) is 0. The lowest BCUT2D eigenvalue weighted by Gasteiger charge is -2.62. The highest BCUT2D eigenvalue weighted by molar-refractivity contribution is 5.06. The van der Waals surface area contributed by atoms with Crippen LogP contribution in [0, 0.1) is 23.2 Å². The van der Waals surface area contributed by atoms with Gasteiger partial charge in [-0.25, -0.2) is 0 Å². The van der Waals surface area contributed by atoms with E-state index in [-0.39, 0.29) is 0 Å². The van der Waals surface area contributed by atoms with Gasteiger partial charge in [0, 0.05) is 6.04 Å². The van der Waals surface area contributed by atoms with Crippen LogP contribution < -0.4 is 5.32 Å². The lowest BCUT2D eigenvalue weighted by molar-refractivity contribution is -0.113. The molecule has 70 valence electrons. The molecular weight excluding hydrogens is 146 g/mol. The van der Waals surface area contributed by atoms with Gasteiger partial charge in [0.15, 0.2) is 0 Å². The van der Waals surface area contributed by atoms with Crippen LogP contribution in [0.2, 0.25) is 0 Å². The summed E-state index contributed by atoms with van der Waals surface area (Å²) in [6, 6.07) is 0.793. The van der Waals surface area contributed by atoms with Crippen molar-refractivity contribution >= 4 is 0 Å². The molecule has 3 fully saturated rings. The topological polar surface area (TPSA) is 12.0 Å². The first-order chi connectivity index (χ1) is 5.57. The largest absolute Gasteiger partial charge is 0.317 e. The van der Waals surface area contributed by atoms with Gasteiger partial charge in [-0.2, -0.15) is 0 Å². The van der Waals surface area contributed by atoms with Crippen LogP contribution in [0.3, 0.4) is 0 Å². The molecule has 0 aliphatic heterocycles. The highest BCUT2D eigenvalue weighted by Gasteiger charge is 2.55. The van der Waals surface area contributed by atoms with Gasteiger partial charge >= 0.3 is 0 Å². The van der Waals surface area contributed by atoms with Crippen molar-refractivity contribution in [3.05, 3.63) is 0 Å². The SMILES string of the molecule is CN[C@H]1C[C@H]2C[C@@H](C1C)C2(C)C. The minimum absolute atomic E-state index is 0.646. The number of fused-ring (bicyclic) bond motifs is 2. The second-order valence-electron chi connectivity index (χ2n) is 5.35. The third kappa shape index (κ3) is 0.891. The van der Waals surface area contributed by atoms with E-state index < -0.39 is 0 Å². The Balaban J connectivity index is 2.11. The Labute approximate surface area is 75.9 Å². The van der Waals surface area contributed by atoms with Crippen LogP contribution in [0.15, 0.2) is 0 Å². The average Bonchev–Trinajstić information content (AvgIpc) is 2.03. The van der Waals surface area contributed by atoms with Crippen molar-refractivity contribution in [1.82, 2.24) is 5.32 Å². The molecule has 1 heteroatoms. The van der Waals surface area contributed by atoms with Crippen LogP contribution in [0.4, 0.5) is 0 Å². The van der Waals surface area contributed by atoms with Crippen molar-refractivity contribution < 1.29 is 0 Å². The van der Waals surface area contributed by atoms with Crippen molar-refractivity contribution in [2.45, 2.75) is 39.7 Å². The number of nitrogens with one attached hydrogen (secondary N) is 1. The predicted octanol–water partition coefficient (Wildman–Crippen LogP) is 2.28. The van der Waals surface area contributed by atoms with E-state index in [4.69, 9.17) is 0 Å². The van der Waals surface area contributed by atoms with Crippen LogP contribution in [0.1, 0.15) is 33.6 Å². The third-order valence-corrected chi connectivity index (χ3v) is 4.72. The molecule has 0 radical (unpaired) electrons. The van der Waals surface area contributed by atoms with Gasteiger partial charge in [-0.15, -0.1) is 0 Å². The Morgan fingerprint density at radius 3 is 2.33 bits per heavy atom. The number of hydrogen-bond acceptors (Lipinski definition) is 1. The van der Waals surface area contributed by atoms with Crippen molar-refractivity contribution in [2.24, 2.45) is 23.2 Å². The molecule has 3 saturated carbocycles. The molecule has 4 atom stereocenters. The van der Waals surface area contributed by atoms with Crippen LogP contribution in [0.5, 0.6) is 0 Å². The van der Waals surface area contributed by atoms with Gasteiger partial charge in [0.25, 0.3) is 0 Å². The fraction of sp³-hybridized carbons (Fsp3) is 1.00. The zero-order chi connectivity index (χ0) is 8.93. The van der Waals surface area contributed by atoms with E-state index in [0.29, 0.717) is 5.41 Å². The van der Waals surface area contributed by atoms with Crippen LogP contribution >= 0.6 is 0 Å². The maximum absolute atomic E-state index is 3.45. The van der Waals surface area contributed by atoms with E-state index in [2.05, 4.69) is 33.1 Å². The Bertz CT molecular complexity index is 185. The van der Waals surface area contributed by atoms with Gasteiger partial charge in [0.1, 0.15) is 0 Å². The van der Waals surface area contributed by atoms with E-state index >= 15 is 0 Å². The highest BCUT2D eigenvalue weighted by atomic mass is 14.9. The first-order valence-electron chi connectivity index (χ1n) is 5.24. The van der Waals surface area contributed by atoms with E-state index in [1.165, 1.54) is 12.8 Å². The second-order valence-corrected chi connectivity index (χ2v) is 5.35. The van der Waals surface area contributed by atoms with Gasteiger partial charge in [-0.05, 0) is 43.1 Å². The molecule has 1 unspecified atom stereocenters. The zero-order valence-corrected chi connectivity index (χ0v) is 8.72. The molecule has 0 heterocycles. The monoisotopic (exact) mass is 167 g/mol. The standard InChI is InChI=1S/C11H21N/c1-7-9-5-8(11(9,2)3)6-10(7)12-4/h7-10,12H,5-6H2,1-4H3/t7?,8-,9+,10+/m1/s1. The van der Waals surface area contributed by atoms with Crippen molar-refractivity contribution in [3.63, 3.8) is 0 Å². The first kappa shape index (κ1) is 8.55. The molecular formula is C11H21N. The normalized spacial score (nSPS) is 50.0. The third-order valence-electron chi connectivity index (χ3n) is 4.72. The van der Waals surface area contributed by atoms with E-state index in [9.17, 15) is 0 Å². The Morgan fingerprint density at radius 1 is 1.25 bits per heavy atom. The van der Waals surface area contributed by atoms with Crippen molar-refractivity contribution in [2.75, 3.05) is 7.05 Å². The maximum atomic E-state index is 3.45. The van der Waals surface area contributed by atoms with E-state index in [1.54, 1.807) is 0 Å². The Morgan fingerprint density at radius 2 is 1.92 bits per heavy atom. The summed E-state index contributed by atoms with van der Waals surface area (Å²) < 4.78 is 0. The molecule has 1 nitrogen and oxygen atoms in total. The fourth-order valence-corrected chi connectivity index (χ4v) is 3.53. The molecule has 3 rings (SSSR count). The number of rotatable bonds is 1. The second kappa shape index (κ2) is 2.47. The van der Waals surface area contributed by atoms with Crippen LogP contribution in [-0.2, 0) is 0 Å². The molecule has 0 aromatic rings. The van der Waals surface area contributed by atoms with Gasteiger partial charge in [-0.3, -0.25) is 0 Å². The zero-order valence-electron chi connectivity index (χ0n) is 8.72. The summed E-state index contributed by atoms with van der Waals surface area (Å²) in [6.07, 6.45) is 2.90. The van der Waals surface area contributed by atoms with Gasteiger partial charge in [0.05, 0.1) is 0 Å². The molecule has 0 aromatic heterocycles.